The average molecular weight is 244 g/mol. The van der Waals surface area contributed by atoms with Gasteiger partial charge in [0.2, 0.25) is 5.91 Å². The summed E-state index contributed by atoms with van der Waals surface area (Å²) in [5, 5.41) is 4.54. The third kappa shape index (κ3) is 4.34. The lowest BCUT2D eigenvalue weighted by Crippen LogP contribution is -2.55. The lowest BCUT2D eigenvalue weighted by atomic mass is 10.0. The Kier molecular flexibility index (Phi) is 5.18. The number of carbonyl (C=O) groups excluding carboxylic acids is 1. The smallest absolute Gasteiger partial charge is 0.324 e. The van der Waals surface area contributed by atoms with E-state index in [-0.39, 0.29) is 0 Å². The van der Waals surface area contributed by atoms with Crippen LogP contribution in [0.4, 0.5) is 17.6 Å². The minimum atomic E-state index is -4.20. The van der Waals surface area contributed by atoms with Crippen LogP contribution in [0.3, 0.4) is 0 Å². The van der Waals surface area contributed by atoms with Crippen molar-refractivity contribution in [1.29, 1.82) is 0 Å². The second kappa shape index (κ2) is 5.47. The second-order valence-corrected chi connectivity index (χ2v) is 3.90. The van der Waals surface area contributed by atoms with Crippen LogP contribution >= 0.6 is 0 Å². The monoisotopic (exact) mass is 244 g/mol. The Labute approximate surface area is 91.6 Å². The summed E-state index contributed by atoms with van der Waals surface area (Å²) >= 11 is 0. The van der Waals surface area contributed by atoms with Gasteiger partial charge in [-0.2, -0.15) is 8.78 Å². The molecule has 0 bridgehead atoms. The Morgan fingerprint density at radius 1 is 1.31 bits per heavy atom. The number of alkyl halides is 4. The van der Waals surface area contributed by atoms with Crippen molar-refractivity contribution in [2.75, 3.05) is 13.1 Å². The quantitative estimate of drug-likeness (QED) is 0.693. The number of hydrogen-bond acceptors (Lipinski definition) is 2. The summed E-state index contributed by atoms with van der Waals surface area (Å²) in [6.45, 7) is 3.80. The van der Waals surface area contributed by atoms with Crippen LogP contribution in [0.2, 0.25) is 0 Å². The normalized spacial score (nSPS) is 13.0. The van der Waals surface area contributed by atoms with E-state index in [0.717, 1.165) is 0 Å². The first kappa shape index (κ1) is 15.2. The highest BCUT2D eigenvalue weighted by atomic mass is 19.3. The van der Waals surface area contributed by atoms with E-state index in [2.05, 4.69) is 5.32 Å². The molecule has 0 radical (unpaired) electrons. The molecule has 0 saturated carbocycles. The Hall–Kier alpha value is -0.850. The third-order valence-electron chi connectivity index (χ3n) is 1.99. The Morgan fingerprint density at radius 2 is 1.81 bits per heavy atom. The molecule has 96 valence electrons. The van der Waals surface area contributed by atoms with E-state index in [0.29, 0.717) is 6.54 Å². The molecule has 0 fully saturated rings. The number of amides is 1. The lowest BCUT2D eigenvalue weighted by Gasteiger charge is -2.25. The molecule has 0 spiro atoms. The van der Waals surface area contributed by atoms with Gasteiger partial charge in [-0.1, -0.05) is 6.92 Å². The summed E-state index contributed by atoms with van der Waals surface area (Å²) in [6, 6.07) is 0. The molecule has 0 aromatic carbocycles. The predicted octanol–water partition coefficient (Wildman–Crippen LogP) is 1.39. The Balaban J connectivity index is 4.27. The zero-order chi connectivity index (χ0) is 13.0. The molecule has 0 aliphatic rings. The van der Waals surface area contributed by atoms with E-state index >= 15 is 0 Å². The largest absolute Gasteiger partial charge is 0.348 e. The maximum absolute atomic E-state index is 12.5. The Bertz CT molecular complexity index is 244. The van der Waals surface area contributed by atoms with Gasteiger partial charge in [0.05, 0.1) is 12.1 Å². The topological polar surface area (TPSA) is 41.1 Å². The van der Waals surface area contributed by atoms with Gasteiger partial charge in [-0.25, -0.2) is 8.78 Å². The molecule has 0 aromatic rings. The van der Waals surface area contributed by atoms with E-state index in [1.54, 1.807) is 12.2 Å². The number of halogens is 4. The summed E-state index contributed by atoms with van der Waals surface area (Å²) in [5.74, 6) is -4.94. The van der Waals surface area contributed by atoms with E-state index in [9.17, 15) is 22.4 Å². The van der Waals surface area contributed by atoms with Gasteiger partial charge in [0.15, 0.2) is 0 Å². The molecule has 0 aromatic heterocycles. The van der Waals surface area contributed by atoms with Crippen LogP contribution in [0, 0.1) is 0 Å². The van der Waals surface area contributed by atoms with Crippen LogP contribution in [0.1, 0.15) is 20.8 Å². The van der Waals surface area contributed by atoms with Crippen LogP contribution < -0.4 is 10.6 Å². The highest BCUT2D eigenvalue weighted by Crippen LogP contribution is 2.21. The molecule has 0 rings (SSSR count). The first-order valence-corrected chi connectivity index (χ1v) is 4.82. The van der Waals surface area contributed by atoms with Crippen LogP contribution in [0.5, 0.6) is 0 Å². The van der Waals surface area contributed by atoms with E-state index in [1.165, 1.54) is 13.8 Å². The maximum Gasteiger partial charge on any atom is 0.324 e. The summed E-state index contributed by atoms with van der Waals surface area (Å²) < 4.78 is 48.6. The molecule has 0 aliphatic heterocycles. The van der Waals surface area contributed by atoms with Crippen molar-refractivity contribution in [3.8, 4) is 0 Å². The van der Waals surface area contributed by atoms with Crippen molar-refractivity contribution in [1.82, 2.24) is 10.6 Å². The number of likely N-dealkylation sites (N-methyl/N-ethyl adjacent to an activating group) is 1. The summed E-state index contributed by atoms with van der Waals surface area (Å²) in [5.41, 5.74) is -1.06. The van der Waals surface area contributed by atoms with Crippen molar-refractivity contribution in [2.24, 2.45) is 0 Å². The zero-order valence-electron chi connectivity index (χ0n) is 9.41. The predicted molar refractivity (Wildman–Crippen MR) is 51.7 cm³/mol. The molecular formula is C9H16F4N2O. The molecular weight excluding hydrogens is 228 g/mol. The number of hydrogen-bond donors (Lipinski definition) is 2. The molecule has 3 nitrogen and oxygen atoms in total. The summed E-state index contributed by atoms with van der Waals surface area (Å²) in [6.07, 6.45) is -3.78. The van der Waals surface area contributed by atoms with Gasteiger partial charge < -0.3 is 10.6 Å². The number of carbonyl (C=O) groups is 1. The second-order valence-electron chi connectivity index (χ2n) is 3.90. The van der Waals surface area contributed by atoms with Crippen LogP contribution in [-0.2, 0) is 4.79 Å². The lowest BCUT2D eigenvalue weighted by molar-refractivity contribution is -0.139. The standard InChI is InChI=1S/C9H16F4N2O/c1-4-15-8(2,3)7(16)14-5-9(12,13)6(10)11/h6,15H,4-5H2,1-3H3,(H,14,16). The van der Waals surface area contributed by atoms with Gasteiger partial charge >= 0.3 is 12.3 Å². The van der Waals surface area contributed by atoms with Gasteiger partial charge in [0.25, 0.3) is 0 Å². The van der Waals surface area contributed by atoms with Crippen molar-refractivity contribution >= 4 is 5.91 Å². The number of nitrogens with one attached hydrogen (secondary N) is 2. The molecule has 0 atom stereocenters. The fourth-order valence-electron chi connectivity index (χ4n) is 1.02. The van der Waals surface area contributed by atoms with Crippen LogP contribution in [0.25, 0.3) is 0 Å². The fourth-order valence-corrected chi connectivity index (χ4v) is 1.02. The third-order valence-corrected chi connectivity index (χ3v) is 1.99. The van der Waals surface area contributed by atoms with Crippen molar-refractivity contribution < 1.29 is 22.4 Å². The minimum absolute atomic E-state index is 0.464. The van der Waals surface area contributed by atoms with Crippen LogP contribution in [0.15, 0.2) is 0 Å². The molecule has 0 saturated heterocycles. The van der Waals surface area contributed by atoms with Crippen molar-refractivity contribution in [3.63, 3.8) is 0 Å². The van der Waals surface area contributed by atoms with Gasteiger partial charge in [-0.15, -0.1) is 0 Å². The molecule has 2 N–H and O–H groups in total. The first-order valence-electron chi connectivity index (χ1n) is 4.82. The first-order chi connectivity index (χ1) is 7.13. The van der Waals surface area contributed by atoms with Gasteiger partial charge in [0.1, 0.15) is 0 Å². The van der Waals surface area contributed by atoms with Crippen LogP contribution in [-0.4, -0.2) is 36.9 Å². The Morgan fingerprint density at radius 3 is 2.19 bits per heavy atom. The highest BCUT2D eigenvalue weighted by molar-refractivity contribution is 5.85. The SMILES string of the molecule is CCNC(C)(C)C(=O)NCC(F)(F)C(F)F. The molecule has 1 amide bonds. The molecule has 0 aliphatic carbocycles. The molecule has 0 heterocycles. The van der Waals surface area contributed by atoms with E-state index in [4.69, 9.17) is 0 Å². The van der Waals surface area contributed by atoms with Gasteiger partial charge in [-0.3, -0.25) is 4.79 Å². The molecule has 16 heavy (non-hydrogen) atoms. The van der Waals surface area contributed by atoms with Crippen molar-refractivity contribution in [3.05, 3.63) is 0 Å². The minimum Gasteiger partial charge on any atom is -0.348 e. The maximum atomic E-state index is 12.5. The summed E-state index contributed by atoms with van der Waals surface area (Å²) in [7, 11) is 0. The highest BCUT2D eigenvalue weighted by Gasteiger charge is 2.41. The average Bonchev–Trinajstić information content (AvgIpc) is 2.13. The molecule has 7 heteroatoms. The fraction of sp³-hybridized carbons (Fsp3) is 0.889. The van der Waals surface area contributed by atoms with E-state index in [1.807, 2.05) is 0 Å². The summed E-state index contributed by atoms with van der Waals surface area (Å²) in [4.78, 5) is 11.4. The van der Waals surface area contributed by atoms with Gasteiger partial charge in [0, 0.05) is 0 Å². The van der Waals surface area contributed by atoms with E-state index < -0.39 is 30.3 Å². The zero-order valence-corrected chi connectivity index (χ0v) is 9.41. The van der Waals surface area contributed by atoms with Gasteiger partial charge in [-0.05, 0) is 20.4 Å². The number of rotatable bonds is 6. The van der Waals surface area contributed by atoms with Crippen molar-refractivity contribution in [2.45, 2.75) is 38.7 Å². The molecule has 0 unspecified atom stereocenters.